The van der Waals surface area contributed by atoms with E-state index >= 15 is 0 Å². The molecule has 0 unspecified atom stereocenters. The van der Waals surface area contributed by atoms with Crippen LogP contribution in [0, 0.1) is 12.8 Å². The number of carbonyl (C=O) groups is 1. The predicted molar refractivity (Wildman–Crippen MR) is 91.6 cm³/mol. The van der Waals surface area contributed by atoms with Crippen molar-refractivity contribution in [2.75, 3.05) is 26.8 Å². The summed E-state index contributed by atoms with van der Waals surface area (Å²) >= 11 is 1.70. The molecule has 0 saturated heterocycles. The van der Waals surface area contributed by atoms with Crippen LogP contribution in [0.3, 0.4) is 0 Å². The SMILES string of the molecule is COCC(=O)NC[C@H]1CN(Cc2nc(C)cs2)Cc2ccnn2C1. The molecule has 1 amide bonds. The Labute approximate surface area is 145 Å². The van der Waals surface area contributed by atoms with Gasteiger partial charge in [-0.15, -0.1) is 11.3 Å². The zero-order valence-electron chi connectivity index (χ0n) is 14.1. The number of fused-ring (bicyclic) bond motifs is 1. The van der Waals surface area contributed by atoms with Gasteiger partial charge in [0.05, 0.1) is 12.2 Å². The van der Waals surface area contributed by atoms with Gasteiger partial charge in [-0.05, 0) is 13.0 Å². The molecule has 0 bridgehead atoms. The van der Waals surface area contributed by atoms with Crippen LogP contribution >= 0.6 is 11.3 Å². The Hall–Kier alpha value is -1.77. The standard InChI is InChI=1S/C16H23N5O2S/c1-12-11-24-16(19-12)9-20-6-13(5-17-15(22)10-23-2)7-21-14(8-20)3-4-18-21/h3-4,11,13H,5-10H2,1-2H3,(H,17,22)/t13-/m0/s1. The Kier molecular flexibility index (Phi) is 5.60. The summed E-state index contributed by atoms with van der Waals surface area (Å²) in [5.74, 6) is 0.220. The fourth-order valence-corrected chi connectivity index (χ4v) is 3.79. The number of hydrogen-bond acceptors (Lipinski definition) is 6. The van der Waals surface area contributed by atoms with E-state index in [0.717, 1.165) is 36.9 Å². The molecule has 3 rings (SSSR count). The van der Waals surface area contributed by atoms with Crippen LogP contribution in [0.5, 0.6) is 0 Å². The van der Waals surface area contributed by atoms with E-state index in [9.17, 15) is 4.79 Å². The number of hydrogen-bond donors (Lipinski definition) is 1. The highest BCUT2D eigenvalue weighted by atomic mass is 32.1. The second-order valence-corrected chi connectivity index (χ2v) is 7.10. The smallest absolute Gasteiger partial charge is 0.245 e. The number of rotatable bonds is 6. The van der Waals surface area contributed by atoms with Crippen LogP contribution < -0.4 is 5.32 Å². The molecule has 1 N–H and O–H groups in total. The monoisotopic (exact) mass is 349 g/mol. The normalized spacial score (nSPS) is 18.2. The first kappa shape index (κ1) is 17.1. The van der Waals surface area contributed by atoms with Gasteiger partial charge in [-0.1, -0.05) is 0 Å². The molecule has 7 nitrogen and oxygen atoms in total. The summed E-state index contributed by atoms with van der Waals surface area (Å²) in [5, 5.41) is 10.6. The van der Waals surface area contributed by atoms with Gasteiger partial charge in [-0.3, -0.25) is 14.4 Å². The summed E-state index contributed by atoms with van der Waals surface area (Å²) in [6.45, 7) is 6.12. The average molecular weight is 349 g/mol. The first-order valence-electron chi connectivity index (χ1n) is 8.03. The largest absolute Gasteiger partial charge is 0.375 e. The number of nitrogens with zero attached hydrogens (tertiary/aromatic N) is 4. The van der Waals surface area contributed by atoms with Gasteiger partial charge >= 0.3 is 0 Å². The van der Waals surface area contributed by atoms with Crippen LogP contribution in [0.25, 0.3) is 0 Å². The van der Waals surface area contributed by atoms with E-state index in [4.69, 9.17) is 4.74 Å². The predicted octanol–water partition coefficient (Wildman–Crippen LogP) is 1.04. The Bertz CT molecular complexity index is 684. The molecule has 0 saturated carbocycles. The molecule has 0 aliphatic carbocycles. The van der Waals surface area contributed by atoms with Crippen molar-refractivity contribution in [1.29, 1.82) is 0 Å². The first-order valence-corrected chi connectivity index (χ1v) is 8.91. The van der Waals surface area contributed by atoms with Gasteiger partial charge in [0.2, 0.25) is 5.91 Å². The van der Waals surface area contributed by atoms with E-state index in [-0.39, 0.29) is 12.5 Å². The number of nitrogens with one attached hydrogen (secondary N) is 1. The van der Waals surface area contributed by atoms with Crippen LogP contribution in [0.4, 0.5) is 0 Å². The van der Waals surface area contributed by atoms with Crippen LogP contribution in [0.1, 0.15) is 16.4 Å². The third kappa shape index (κ3) is 4.40. The van der Waals surface area contributed by atoms with Crippen molar-refractivity contribution < 1.29 is 9.53 Å². The molecule has 1 aliphatic rings. The number of aromatic nitrogens is 3. The zero-order valence-corrected chi connectivity index (χ0v) is 14.9. The van der Waals surface area contributed by atoms with E-state index in [2.05, 4.69) is 31.7 Å². The lowest BCUT2D eigenvalue weighted by Crippen LogP contribution is -2.37. The van der Waals surface area contributed by atoms with Gasteiger partial charge < -0.3 is 10.1 Å². The minimum atomic E-state index is -0.0791. The minimum Gasteiger partial charge on any atom is -0.375 e. The lowest BCUT2D eigenvalue weighted by molar-refractivity contribution is -0.124. The molecule has 1 aliphatic heterocycles. The minimum absolute atomic E-state index is 0.0791. The number of methoxy groups -OCH3 is 1. The molecular formula is C16H23N5O2S. The first-order chi connectivity index (χ1) is 11.6. The molecule has 2 aromatic rings. The van der Waals surface area contributed by atoms with Crippen LogP contribution in [-0.2, 0) is 29.2 Å². The van der Waals surface area contributed by atoms with Crippen molar-refractivity contribution in [2.45, 2.75) is 26.6 Å². The second kappa shape index (κ2) is 7.87. The van der Waals surface area contributed by atoms with Crippen molar-refractivity contribution in [3.05, 3.63) is 34.0 Å². The van der Waals surface area contributed by atoms with Crippen LogP contribution in [0.15, 0.2) is 17.6 Å². The molecule has 0 aromatic carbocycles. The van der Waals surface area contributed by atoms with Crippen LogP contribution in [-0.4, -0.2) is 52.4 Å². The second-order valence-electron chi connectivity index (χ2n) is 6.16. The van der Waals surface area contributed by atoms with Crippen molar-refractivity contribution in [1.82, 2.24) is 25.0 Å². The third-order valence-electron chi connectivity index (χ3n) is 4.03. The molecule has 1 atom stereocenters. The third-order valence-corrected chi connectivity index (χ3v) is 4.98. The molecule has 0 radical (unpaired) electrons. The quantitative estimate of drug-likeness (QED) is 0.844. The molecule has 130 valence electrons. The van der Waals surface area contributed by atoms with Gasteiger partial charge in [0.25, 0.3) is 0 Å². The van der Waals surface area contributed by atoms with E-state index < -0.39 is 0 Å². The number of carbonyl (C=O) groups excluding carboxylic acids is 1. The van der Waals surface area contributed by atoms with Gasteiger partial charge in [0, 0.05) is 56.5 Å². The van der Waals surface area contributed by atoms with E-state index in [1.165, 1.54) is 12.8 Å². The van der Waals surface area contributed by atoms with Crippen molar-refractivity contribution in [3.8, 4) is 0 Å². The van der Waals surface area contributed by atoms with Gasteiger partial charge in [-0.25, -0.2) is 4.98 Å². The molecule has 0 fully saturated rings. The average Bonchev–Trinajstić information content (AvgIpc) is 3.11. The highest BCUT2D eigenvalue weighted by molar-refractivity contribution is 7.09. The summed E-state index contributed by atoms with van der Waals surface area (Å²) in [4.78, 5) is 18.6. The lowest BCUT2D eigenvalue weighted by Gasteiger charge is -2.23. The van der Waals surface area contributed by atoms with E-state index in [0.29, 0.717) is 12.5 Å². The Morgan fingerprint density at radius 2 is 2.38 bits per heavy atom. The highest BCUT2D eigenvalue weighted by Crippen LogP contribution is 2.19. The summed E-state index contributed by atoms with van der Waals surface area (Å²) in [6, 6.07) is 2.06. The fraction of sp³-hybridized carbons (Fsp3) is 0.562. The number of ether oxygens (including phenoxy) is 1. The Morgan fingerprint density at radius 3 is 3.12 bits per heavy atom. The molecular weight excluding hydrogens is 326 g/mol. The summed E-state index contributed by atoms with van der Waals surface area (Å²) in [5.41, 5.74) is 2.27. The topological polar surface area (TPSA) is 72.3 Å². The summed E-state index contributed by atoms with van der Waals surface area (Å²) in [6.07, 6.45) is 1.84. The molecule has 0 spiro atoms. The fourth-order valence-electron chi connectivity index (χ4n) is 2.98. The molecule has 3 heterocycles. The summed E-state index contributed by atoms with van der Waals surface area (Å²) < 4.78 is 6.91. The van der Waals surface area contributed by atoms with Gasteiger partial charge in [0.1, 0.15) is 11.6 Å². The molecule has 8 heteroatoms. The van der Waals surface area contributed by atoms with Crippen molar-refractivity contribution in [3.63, 3.8) is 0 Å². The van der Waals surface area contributed by atoms with Crippen molar-refractivity contribution in [2.24, 2.45) is 5.92 Å². The summed E-state index contributed by atoms with van der Waals surface area (Å²) in [7, 11) is 1.53. The Balaban J connectivity index is 1.67. The number of thiazole rings is 1. The van der Waals surface area contributed by atoms with Gasteiger partial charge in [-0.2, -0.15) is 5.10 Å². The zero-order chi connectivity index (χ0) is 16.9. The maximum Gasteiger partial charge on any atom is 0.245 e. The number of amides is 1. The van der Waals surface area contributed by atoms with Crippen LogP contribution in [0.2, 0.25) is 0 Å². The highest BCUT2D eigenvalue weighted by Gasteiger charge is 2.23. The Morgan fingerprint density at radius 1 is 1.50 bits per heavy atom. The van der Waals surface area contributed by atoms with E-state index in [1.54, 1.807) is 11.3 Å². The number of aryl methyl sites for hydroxylation is 1. The lowest BCUT2D eigenvalue weighted by atomic mass is 10.1. The molecule has 2 aromatic heterocycles. The molecule has 24 heavy (non-hydrogen) atoms. The maximum atomic E-state index is 11.7. The van der Waals surface area contributed by atoms with Crippen molar-refractivity contribution >= 4 is 17.2 Å². The van der Waals surface area contributed by atoms with Gasteiger partial charge in [0.15, 0.2) is 0 Å². The van der Waals surface area contributed by atoms with E-state index in [1.807, 2.05) is 17.8 Å². The maximum absolute atomic E-state index is 11.7.